The van der Waals surface area contributed by atoms with Crippen molar-refractivity contribution >= 4 is 11.2 Å². The summed E-state index contributed by atoms with van der Waals surface area (Å²) in [6.45, 7) is 1.80. The quantitative estimate of drug-likeness (QED) is 0.736. The number of nitrogens with two attached hydrogens (primary N) is 1. The Bertz CT molecular complexity index is 363. The third-order valence-corrected chi connectivity index (χ3v) is 1.63. The summed E-state index contributed by atoms with van der Waals surface area (Å²) in [5.41, 5.74) is 7.19. The van der Waals surface area contributed by atoms with Gasteiger partial charge in [0.2, 0.25) is 0 Å². The second kappa shape index (κ2) is 4.18. The van der Waals surface area contributed by atoms with Crippen LogP contribution in [0.25, 0.3) is 11.2 Å². The average Bonchev–Trinajstić information content (AvgIpc) is 2.46. The van der Waals surface area contributed by atoms with Crippen LogP contribution in [0.1, 0.15) is 12.7 Å². The van der Waals surface area contributed by atoms with Gasteiger partial charge in [0, 0.05) is 38.9 Å². The average molecular weight is 250 g/mol. The number of aromatic nitrogens is 3. The number of nitrogens with one attached hydrogen (secondary N) is 1. The van der Waals surface area contributed by atoms with E-state index in [1.807, 2.05) is 12.1 Å². The number of imidazole rings is 1. The second-order valence-corrected chi connectivity index (χ2v) is 2.64. The van der Waals surface area contributed by atoms with Crippen molar-refractivity contribution in [1.29, 1.82) is 0 Å². The van der Waals surface area contributed by atoms with Crippen molar-refractivity contribution in [2.24, 2.45) is 5.73 Å². The molecule has 0 spiro atoms. The summed E-state index contributed by atoms with van der Waals surface area (Å²) in [6, 6.07) is 4.45. The molecule has 2 rings (SSSR count). The number of rotatable bonds is 1. The van der Waals surface area contributed by atoms with E-state index < -0.39 is 0 Å². The number of pyridine rings is 1. The van der Waals surface area contributed by atoms with Gasteiger partial charge in [0.25, 0.3) is 0 Å². The van der Waals surface area contributed by atoms with E-state index in [1.165, 1.54) is 0 Å². The summed E-state index contributed by atoms with van der Waals surface area (Å²) in [7, 11) is 0. The van der Waals surface area contributed by atoms with Crippen LogP contribution in [-0.2, 0) is 32.7 Å². The Hall–Kier alpha value is -0.446. The SMILES string of the molecule is C[C-](N)c1nc2ncccc2[nH]1.[Y]. The van der Waals surface area contributed by atoms with Gasteiger partial charge in [-0.05, 0) is 18.0 Å². The Labute approximate surface area is 101 Å². The van der Waals surface area contributed by atoms with Crippen LogP contribution >= 0.6 is 0 Å². The molecule has 0 saturated carbocycles. The Kier molecular flexibility index (Phi) is 3.42. The Morgan fingerprint density at radius 3 is 2.92 bits per heavy atom. The van der Waals surface area contributed by atoms with Crippen LogP contribution in [0.4, 0.5) is 0 Å². The van der Waals surface area contributed by atoms with Gasteiger partial charge in [-0.1, -0.05) is 0 Å². The first kappa shape index (κ1) is 10.6. The van der Waals surface area contributed by atoms with Crippen LogP contribution in [0.2, 0.25) is 0 Å². The summed E-state index contributed by atoms with van der Waals surface area (Å²) < 4.78 is 0. The molecule has 1 radical (unpaired) electrons. The molecule has 4 nitrogen and oxygen atoms in total. The fourth-order valence-electron chi connectivity index (χ4n) is 1.03. The fourth-order valence-corrected chi connectivity index (χ4v) is 1.03. The summed E-state index contributed by atoms with van der Waals surface area (Å²) in [4.78, 5) is 11.3. The molecule has 65 valence electrons. The number of hydrogen-bond acceptors (Lipinski definition) is 3. The molecule has 3 N–H and O–H groups in total. The Morgan fingerprint density at radius 2 is 2.31 bits per heavy atom. The molecule has 2 aromatic rings. The summed E-state index contributed by atoms with van der Waals surface area (Å²) in [6.07, 6.45) is 1.71. The van der Waals surface area contributed by atoms with Crippen LogP contribution in [0.5, 0.6) is 0 Å². The minimum atomic E-state index is 0. The third-order valence-electron chi connectivity index (χ3n) is 1.63. The number of H-pyrrole nitrogens is 1. The van der Waals surface area contributed by atoms with Gasteiger partial charge in [0.05, 0.1) is 5.52 Å². The molecular weight excluding hydrogens is 241 g/mol. The van der Waals surface area contributed by atoms with Gasteiger partial charge in [-0.15, -0.1) is 0 Å². The zero-order valence-electron chi connectivity index (χ0n) is 7.28. The number of aromatic amines is 1. The molecule has 0 aromatic carbocycles. The van der Waals surface area contributed by atoms with Crippen molar-refractivity contribution in [1.82, 2.24) is 15.0 Å². The van der Waals surface area contributed by atoms with E-state index in [4.69, 9.17) is 5.73 Å². The molecule has 13 heavy (non-hydrogen) atoms. The van der Waals surface area contributed by atoms with Crippen LogP contribution < -0.4 is 5.73 Å². The molecular formula is C8H9N4Y-. The predicted molar refractivity (Wildman–Crippen MR) is 46.1 cm³/mol. The predicted octanol–water partition coefficient (Wildman–Crippen LogP) is 0.814. The smallest absolute Gasteiger partial charge is 0.175 e. The van der Waals surface area contributed by atoms with E-state index in [0.29, 0.717) is 17.5 Å². The third kappa shape index (κ3) is 2.07. The molecule has 0 saturated heterocycles. The summed E-state index contributed by atoms with van der Waals surface area (Å²) >= 11 is 0. The Morgan fingerprint density at radius 1 is 1.54 bits per heavy atom. The summed E-state index contributed by atoms with van der Waals surface area (Å²) in [5.74, 6) is 0.698. The van der Waals surface area contributed by atoms with E-state index in [9.17, 15) is 0 Å². The molecule has 0 unspecified atom stereocenters. The molecule has 2 aromatic heterocycles. The van der Waals surface area contributed by atoms with Gasteiger partial charge < -0.3 is 10.7 Å². The number of fused-ring (bicyclic) bond motifs is 1. The molecule has 0 aliphatic carbocycles. The molecule has 0 aliphatic heterocycles. The molecule has 2 heterocycles. The van der Waals surface area contributed by atoms with Crippen molar-refractivity contribution in [3.63, 3.8) is 0 Å². The van der Waals surface area contributed by atoms with Crippen molar-refractivity contribution in [2.45, 2.75) is 6.92 Å². The second-order valence-electron chi connectivity index (χ2n) is 2.64. The first-order chi connectivity index (χ1) is 5.77. The van der Waals surface area contributed by atoms with E-state index in [1.54, 1.807) is 13.1 Å². The normalized spacial score (nSPS) is 9.69. The van der Waals surface area contributed by atoms with Gasteiger partial charge in [-0.2, -0.15) is 6.92 Å². The maximum absolute atomic E-state index is 5.57. The van der Waals surface area contributed by atoms with E-state index >= 15 is 0 Å². The topological polar surface area (TPSA) is 67.6 Å². The zero-order chi connectivity index (χ0) is 8.55. The minimum Gasteiger partial charge on any atom is -0.459 e. The fraction of sp³-hybridized carbons (Fsp3) is 0.125. The van der Waals surface area contributed by atoms with Crippen LogP contribution in [0.3, 0.4) is 0 Å². The van der Waals surface area contributed by atoms with Crippen LogP contribution in [0.15, 0.2) is 18.3 Å². The Balaban J connectivity index is 0.000000845. The monoisotopic (exact) mass is 250 g/mol. The van der Waals surface area contributed by atoms with Crippen molar-refractivity contribution in [2.75, 3.05) is 0 Å². The minimum absolute atomic E-state index is 0. The standard InChI is InChI=1S/C8H9N4.Y/c1-5(9)7-11-6-3-2-4-10-8(6)12-7;/h2-4H,9H2,1H3,(H,10,11,12);/q-1;. The van der Waals surface area contributed by atoms with Crippen molar-refractivity contribution in [3.8, 4) is 0 Å². The van der Waals surface area contributed by atoms with Gasteiger partial charge in [0.15, 0.2) is 5.65 Å². The maximum atomic E-state index is 5.57. The largest absolute Gasteiger partial charge is 0.459 e. The molecule has 0 aliphatic rings. The van der Waals surface area contributed by atoms with Crippen molar-refractivity contribution in [3.05, 3.63) is 30.2 Å². The number of hydrogen-bond donors (Lipinski definition) is 2. The molecule has 5 heteroatoms. The van der Waals surface area contributed by atoms with E-state index in [0.717, 1.165) is 5.52 Å². The van der Waals surface area contributed by atoms with Crippen LogP contribution in [-0.4, -0.2) is 15.0 Å². The van der Waals surface area contributed by atoms with Gasteiger partial charge in [0.1, 0.15) is 0 Å². The van der Waals surface area contributed by atoms with Gasteiger partial charge in [-0.3, -0.25) is 6.04 Å². The first-order valence-electron chi connectivity index (χ1n) is 3.67. The van der Waals surface area contributed by atoms with Gasteiger partial charge in [-0.25, -0.2) is 9.97 Å². The van der Waals surface area contributed by atoms with E-state index in [-0.39, 0.29) is 32.7 Å². The van der Waals surface area contributed by atoms with Crippen molar-refractivity contribution < 1.29 is 32.7 Å². The summed E-state index contributed by atoms with van der Waals surface area (Å²) in [5, 5.41) is 0. The van der Waals surface area contributed by atoms with Crippen LogP contribution in [0, 0.1) is 6.04 Å². The zero-order valence-corrected chi connectivity index (χ0v) is 10.1. The molecule has 0 fully saturated rings. The molecule has 0 atom stereocenters. The van der Waals surface area contributed by atoms with E-state index in [2.05, 4.69) is 15.0 Å². The first-order valence-corrected chi connectivity index (χ1v) is 3.67. The molecule has 0 amide bonds. The molecule has 0 bridgehead atoms. The van der Waals surface area contributed by atoms with Gasteiger partial charge >= 0.3 is 0 Å². The maximum Gasteiger partial charge on any atom is 0.175 e. The number of nitrogens with zero attached hydrogens (tertiary/aromatic N) is 2.